The van der Waals surface area contributed by atoms with E-state index >= 15 is 0 Å². The maximum absolute atomic E-state index is 12.3. The van der Waals surface area contributed by atoms with Crippen molar-refractivity contribution in [1.82, 2.24) is 9.88 Å². The van der Waals surface area contributed by atoms with E-state index in [1.807, 2.05) is 18.2 Å². The summed E-state index contributed by atoms with van der Waals surface area (Å²) >= 11 is 5.95. The van der Waals surface area contributed by atoms with Crippen molar-refractivity contribution in [3.63, 3.8) is 0 Å². The molecule has 0 aliphatic carbocycles. The summed E-state index contributed by atoms with van der Waals surface area (Å²) in [5, 5.41) is 1.60. The maximum Gasteiger partial charge on any atom is 0.272 e. The van der Waals surface area contributed by atoms with Crippen molar-refractivity contribution in [2.24, 2.45) is 0 Å². The Morgan fingerprint density at radius 1 is 1.21 bits per heavy atom. The minimum Gasteiger partial charge on any atom is -0.378 e. The fourth-order valence-corrected chi connectivity index (χ4v) is 2.30. The Bertz CT molecular complexity index is 624. The highest BCUT2D eigenvalue weighted by Gasteiger charge is 2.19. The Morgan fingerprint density at radius 3 is 2.74 bits per heavy atom. The summed E-state index contributed by atoms with van der Waals surface area (Å²) in [5.74, 6) is -0.0508. The molecule has 5 heteroatoms. The van der Waals surface area contributed by atoms with E-state index in [2.05, 4.69) is 4.98 Å². The topological polar surface area (TPSA) is 42.4 Å². The third kappa shape index (κ3) is 2.55. The van der Waals surface area contributed by atoms with E-state index in [0.29, 0.717) is 37.0 Å². The Hall–Kier alpha value is -1.65. The monoisotopic (exact) mass is 276 g/mol. The van der Waals surface area contributed by atoms with Gasteiger partial charge in [0, 0.05) is 23.5 Å². The van der Waals surface area contributed by atoms with Crippen LogP contribution in [0, 0.1) is 0 Å². The van der Waals surface area contributed by atoms with E-state index in [0.717, 1.165) is 10.9 Å². The van der Waals surface area contributed by atoms with Crippen molar-refractivity contribution >= 4 is 28.4 Å². The summed E-state index contributed by atoms with van der Waals surface area (Å²) in [4.78, 5) is 18.5. The zero-order valence-corrected chi connectivity index (χ0v) is 11.1. The average molecular weight is 277 g/mol. The van der Waals surface area contributed by atoms with Crippen LogP contribution in [0.5, 0.6) is 0 Å². The molecular weight excluding hydrogens is 264 g/mol. The van der Waals surface area contributed by atoms with Crippen LogP contribution in [-0.4, -0.2) is 42.1 Å². The zero-order chi connectivity index (χ0) is 13.2. The van der Waals surface area contributed by atoms with E-state index in [1.165, 1.54) is 0 Å². The molecule has 1 aliphatic heterocycles. The van der Waals surface area contributed by atoms with Crippen molar-refractivity contribution in [1.29, 1.82) is 0 Å². The number of pyridine rings is 1. The van der Waals surface area contributed by atoms with Gasteiger partial charge in [-0.3, -0.25) is 4.79 Å². The molecular formula is C14H13ClN2O2. The Kier molecular flexibility index (Phi) is 3.36. The molecule has 0 bridgehead atoms. The molecule has 1 aromatic heterocycles. The van der Waals surface area contributed by atoms with Crippen molar-refractivity contribution in [3.05, 3.63) is 41.0 Å². The number of halogens is 1. The van der Waals surface area contributed by atoms with Crippen molar-refractivity contribution in [3.8, 4) is 0 Å². The SMILES string of the molecule is O=C(c1ccc2ccc(Cl)cc2n1)N1CCOCC1. The minimum atomic E-state index is -0.0508. The average Bonchev–Trinajstić information content (AvgIpc) is 2.46. The summed E-state index contributed by atoms with van der Waals surface area (Å²) in [6.07, 6.45) is 0. The van der Waals surface area contributed by atoms with Gasteiger partial charge in [0.1, 0.15) is 5.69 Å². The number of rotatable bonds is 1. The first kappa shape index (κ1) is 12.4. The minimum absolute atomic E-state index is 0.0508. The summed E-state index contributed by atoms with van der Waals surface area (Å²) in [5.41, 5.74) is 1.20. The molecule has 0 radical (unpaired) electrons. The molecule has 1 saturated heterocycles. The van der Waals surface area contributed by atoms with Gasteiger partial charge < -0.3 is 9.64 Å². The van der Waals surface area contributed by atoms with Crippen molar-refractivity contribution < 1.29 is 9.53 Å². The number of hydrogen-bond acceptors (Lipinski definition) is 3. The van der Waals surface area contributed by atoms with Crippen molar-refractivity contribution in [2.75, 3.05) is 26.3 Å². The molecule has 3 rings (SSSR count). The molecule has 0 spiro atoms. The highest BCUT2D eigenvalue weighted by Crippen LogP contribution is 2.18. The quantitative estimate of drug-likeness (QED) is 0.803. The number of carbonyl (C=O) groups is 1. The Balaban J connectivity index is 1.93. The standard InChI is InChI=1S/C14H13ClN2O2/c15-11-3-1-10-2-4-12(16-13(10)9-11)14(18)17-5-7-19-8-6-17/h1-4,9H,5-8H2. The van der Waals surface area contributed by atoms with Crippen LogP contribution in [0.3, 0.4) is 0 Å². The molecule has 2 aromatic rings. The van der Waals surface area contributed by atoms with Gasteiger partial charge in [0.15, 0.2) is 0 Å². The fraction of sp³-hybridized carbons (Fsp3) is 0.286. The number of benzene rings is 1. The van der Waals surface area contributed by atoms with Crippen LogP contribution >= 0.6 is 11.6 Å². The van der Waals surface area contributed by atoms with Crippen LogP contribution < -0.4 is 0 Å². The highest BCUT2D eigenvalue weighted by atomic mass is 35.5. The lowest BCUT2D eigenvalue weighted by molar-refractivity contribution is 0.0299. The van der Waals surface area contributed by atoms with Crippen LogP contribution in [0.15, 0.2) is 30.3 Å². The van der Waals surface area contributed by atoms with Crippen LogP contribution in [-0.2, 0) is 4.74 Å². The van der Waals surface area contributed by atoms with E-state index in [9.17, 15) is 4.79 Å². The third-order valence-electron chi connectivity index (χ3n) is 3.17. The van der Waals surface area contributed by atoms with E-state index < -0.39 is 0 Å². The second kappa shape index (κ2) is 5.15. The van der Waals surface area contributed by atoms with Crippen LogP contribution in [0.1, 0.15) is 10.5 Å². The number of amides is 1. The van der Waals surface area contributed by atoms with Gasteiger partial charge in [0.25, 0.3) is 5.91 Å². The molecule has 0 N–H and O–H groups in total. The van der Waals surface area contributed by atoms with Crippen molar-refractivity contribution in [2.45, 2.75) is 0 Å². The normalized spacial score (nSPS) is 15.7. The van der Waals surface area contributed by atoms with Crippen LogP contribution in [0.2, 0.25) is 5.02 Å². The maximum atomic E-state index is 12.3. The van der Waals surface area contributed by atoms with Crippen LogP contribution in [0.4, 0.5) is 0 Å². The second-order valence-electron chi connectivity index (χ2n) is 4.44. The summed E-state index contributed by atoms with van der Waals surface area (Å²) in [6, 6.07) is 9.13. The number of hydrogen-bond donors (Lipinski definition) is 0. The van der Waals surface area contributed by atoms with Gasteiger partial charge in [-0.1, -0.05) is 23.7 Å². The highest BCUT2D eigenvalue weighted by molar-refractivity contribution is 6.31. The summed E-state index contributed by atoms with van der Waals surface area (Å²) in [6.45, 7) is 2.42. The van der Waals surface area contributed by atoms with Gasteiger partial charge in [-0.25, -0.2) is 4.98 Å². The third-order valence-corrected chi connectivity index (χ3v) is 3.41. The number of carbonyl (C=O) groups excluding carboxylic acids is 1. The molecule has 2 heterocycles. The molecule has 1 aliphatic rings. The Labute approximate surface area is 115 Å². The Morgan fingerprint density at radius 2 is 1.95 bits per heavy atom. The molecule has 1 amide bonds. The molecule has 98 valence electrons. The summed E-state index contributed by atoms with van der Waals surface area (Å²) in [7, 11) is 0. The lowest BCUT2D eigenvalue weighted by Crippen LogP contribution is -2.41. The van der Waals surface area contributed by atoms with Gasteiger partial charge in [-0.2, -0.15) is 0 Å². The number of morpholine rings is 1. The van der Waals surface area contributed by atoms with E-state index in [1.54, 1.807) is 17.0 Å². The molecule has 0 unspecified atom stereocenters. The van der Waals surface area contributed by atoms with Gasteiger partial charge in [-0.15, -0.1) is 0 Å². The van der Waals surface area contributed by atoms with E-state index in [4.69, 9.17) is 16.3 Å². The molecule has 0 saturated carbocycles. The fourth-order valence-electron chi connectivity index (χ4n) is 2.14. The van der Waals surface area contributed by atoms with Crippen LogP contribution in [0.25, 0.3) is 10.9 Å². The molecule has 1 aromatic carbocycles. The molecule has 19 heavy (non-hydrogen) atoms. The molecule has 1 fully saturated rings. The van der Waals surface area contributed by atoms with Gasteiger partial charge in [-0.05, 0) is 18.2 Å². The van der Waals surface area contributed by atoms with E-state index in [-0.39, 0.29) is 5.91 Å². The zero-order valence-electron chi connectivity index (χ0n) is 10.3. The summed E-state index contributed by atoms with van der Waals surface area (Å²) < 4.78 is 5.24. The number of fused-ring (bicyclic) bond motifs is 1. The van der Waals surface area contributed by atoms with Gasteiger partial charge in [0.05, 0.1) is 18.7 Å². The molecule has 0 atom stereocenters. The number of aromatic nitrogens is 1. The first-order valence-corrected chi connectivity index (χ1v) is 6.55. The first-order chi connectivity index (χ1) is 9.24. The number of ether oxygens (including phenoxy) is 1. The lowest BCUT2D eigenvalue weighted by Gasteiger charge is -2.26. The van der Waals surface area contributed by atoms with Gasteiger partial charge >= 0.3 is 0 Å². The second-order valence-corrected chi connectivity index (χ2v) is 4.87. The number of nitrogens with zero attached hydrogens (tertiary/aromatic N) is 2. The van der Waals surface area contributed by atoms with Gasteiger partial charge in [0.2, 0.25) is 0 Å². The largest absolute Gasteiger partial charge is 0.378 e. The first-order valence-electron chi connectivity index (χ1n) is 6.17. The predicted octanol–water partition coefficient (Wildman–Crippen LogP) is 2.36. The predicted molar refractivity (Wildman–Crippen MR) is 73.5 cm³/mol. The lowest BCUT2D eigenvalue weighted by atomic mass is 10.2. The smallest absolute Gasteiger partial charge is 0.272 e. The molecule has 4 nitrogen and oxygen atoms in total.